The van der Waals surface area contributed by atoms with Crippen LogP contribution in [0.1, 0.15) is 60.2 Å². The molecule has 3 N–H and O–H groups in total. The molecule has 16 heteroatoms. The number of rotatable bonds is 11. The first-order valence-corrected chi connectivity index (χ1v) is 21.8. The van der Waals surface area contributed by atoms with Crippen LogP contribution < -0.4 is 5.32 Å². The highest BCUT2D eigenvalue weighted by Crippen LogP contribution is 2.40. The van der Waals surface area contributed by atoms with Crippen LogP contribution >= 0.6 is 23.4 Å². The number of aromatic nitrogens is 4. The number of carbonyl (C=O) groups excluding carboxylic acids is 4. The average molecular weight is 883 g/mol. The van der Waals surface area contributed by atoms with Crippen LogP contribution in [0.25, 0.3) is 33.6 Å². The SMILES string of the molecule is COC(=O)N=C(C(=O)N1CCC[C@H]1c1nc(-c2ccc(-c3ccc(-c4cnc([C@@H]5CC(SC)=CN5C(=O)[C@@H](NC(=O)OC)c5ccccc5)[nH]4)cc3)cc2)c(Cl)[nH]1)c1ccccc1. The number of hydrogen-bond acceptors (Lipinski definition) is 9. The van der Waals surface area contributed by atoms with Crippen molar-refractivity contribution in [1.82, 2.24) is 35.1 Å². The number of ether oxygens (including phenoxy) is 2. The summed E-state index contributed by atoms with van der Waals surface area (Å²) < 4.78 is 9.60. The summed E-state index contributed by atoms with van der Waals surface area (Å²) in [7, 11) is 2.49. The molecule has 1 saturated heterocycles. The third-order valence-electron chi connectivity index (χ3n) is 11.1. The average Bonchev–Trinajstić information content (AvgIpc) is 4.17. The number of amides is 4. The fourth-order valence-corrected chi connectivity index (χ4v) is 8.65. The van der Waals surface area contributed by atoms with Crippen molar-refractivity contribution in [2.24, 2.45) is 4.99 Å². The van der Waals surface area contributed by atoms with E-state index in [4.69, 9.17) is 31.0 Å². The van der Waals surface area contributed by atoms with Gasteiger partial charge in [-0.15, -0.1) is 11.8 Å². The predicted octanol–water partition coefficient (Wildman–Crippen LogP) is 9.28. The highest BCUT2D eigenvalue weighted by atomic mass is 35.5. The Balaban J connectivity index is 0.964. The van der Waals surface area contributed by atoms with Gasteiger partial charge >= 0.3 is 12.2 Å². The van der Waals surface area contributed by atoms with Crippen LogP contribution in [0.3, 0.4) is 0 Å². The molecule has 0 unspecified atom stereocenters. The summed E-state index contributed by atoms with van der Waals surface area (Å²) in [6.45, 7) is 0.461. The Hall–Kier alpha value is -6.97. The lowest BCUT2D eigenvalue weighted by Crippen LogP contribution is -2.41. The number of hydrogen-bond donors (Lipinski definition) is 3. The minimum absolute atomic E-state index is 0.00138. The Bertz CT molecular complexity index is 2690. The zero-order valence-corrected chi connectivity index (χ0v) is 36.2. The van der Waals surface area contributed by atoms with Crippen molar-refractivity contribution in [3.8, 4) is 33.6 Å². The highest BCUT2D eigenvalue weighted by Gasteiger charge is 2.38. The lowest BCUT2D eigenvalue weighted by Gasteiger charge is -2.27. The largest absolute Gasteiger partial charge is 0.453 e. The molecular weight excluding hydrogens is 840 g/mol. The number of H-pyrrole nitrogens is 2. The van der Waals surface area contributed by atoms with Crippen molar-refractivity contribution in [2.45, 2.75) is 37.4 Å². The van der Waals surface area contributed by atoms with Crippen LogP contribution in [0.15, 0.2) is 131 Å². The minimum atomic E-state index is -0.959. The van der Waals surface area contributed by atoms with Crippen LogP contribution in [0, 0.1) is 0 Å². The van der Waals surface area contributed by atoms with Gasteiger partial charge in [-0.1, -0.05) is 121 Å². The van der Waals surface area contributed by atoms with E-state index in [-0.39, 0.29) is 11.6 Å². The number of aromatic amines is 2. The van der Waals surface area contributed by atoms with E-state index in [2.05, 4.69) is 20.3 Å². The second-order valence-electron chi connectivity index (χ2n) is 14.8. The van der Waals surface area contributed by atoms with E-state index in [1.807, 2.05) is 85.3 Å². The lowest BCUT2D eigenvalue weighted by molar-refractivity contribution is -0.132. The topological polar surface area (TPSA) is 175 Å². The summed E-state index contributed by atoms with van der Waals surface area (Å²) in [5, 5.41) is 3.05. The Labute approximate surface area is 372 Å². The van der Waals surface area contributed by atoms with E-state index in [1.54, 1.807) is 64.2 Å². The van der Waals surface area contributed by atoms with Crippen molar-refractivity contribution in [3.63, 3.8) is 0 Å². The third-order valence-corrected chi connectivity index (χ3v) is 12.2. The van der Waals surface area contributed by atoms with Crippen LogP contribution in [0.4, 0.5) is 9.59 Å². The summed E-state index contributed by atoms with van der Waals surface area (Å²) in [5.74, 6) is 0.468. The van der Waals surface area contributed by atoms with Crippen molar-refractivity contribution in [1.29, 1.82) is 0 Å². The molecule has 4 aromatic carbocycles. The minimum Gasteiger partial charge on any atom is -0.453 e. The summed E-state index contributed by atoms with van der Waals surface area (Å²) in [6.07, 6.45) is 5.97. The molecule has 0 radical (unpaired) electrons. The summed E-state index contributed by atoms with van der Waals surface area (Å²) >= 11 is 8.31. The second-order valence-corrected chi connectivity index (χ2v) is 16.1. The Kier molecular flexibility index (Phi) is 12.9. The normalized spacial score (nSPS) is 16.7. The smallest absolute Gasteiger partial charge is 0.434 e. The van der Waals surface area contributed by atoms with E-state index in [1.165, 1.54) is 14.2 Å². The molecule has 0 bridgehead atoms. The molecule has 1 fully saturated rings. The Morgan fingerprint density at radius 3 is 2.13 bits per heavy atom. The number of methoxy groups -OCH3 is 2. The number of carbonyl (C=O) groups is 4. The van der Waals surface area contributed by atoms with Crippen molar-refractivity contribution >= 4 is 53.1 Å². The van der Waals surface area contributed by atoms with Gasteiger partial charge in [-0.05, 0) is 41.4 Å². The molecule has 8 rings (SSSR count). The van der Waals surface area contributed by atoms with E-state index in [9.17, 15) is 19.2 Å². The van der Waals surface area contributed by atoms with E-state index < -0.39 is 36.2 Å². The first-order chi connectivity index (χ1) is 30.6. The summed E-state index contributed by atoms with van der Waals surface area (Å²) in [5.41, 5.74) is 6.20. The van der Waals surface area contributed by atoms with Crippen LogP contribution in [0.5, 0.6) is 0 Å². The Morgan fingerprint density at radius 2 is 1.48 bits per heavy atom. The summed E-state index contributed by atoms with van der Waals surface area (Å²) in [4.78, 5) is 77.1. The fraction of sp³-hybridized carbons (Fsp3) is 0.213. The maximum Gasteiger partial charge on any atom is 0.434 e. The van der Waals surface area contributed by atoms with Gasteiger partial charge in [0.2, 0.25) is 0 Å². The molecule has 0 aliphatic carbocycles. The van der Waals surface area contributed by atoms with Gasteiger partial charge in [0, 0.05) is 35.2 Å². The molecular formula is C47H43ClN8O6S. The molecule has 0 saturated carbocycles. The predicted molar refractivity (Wildman–Crippen MR) is 242 cm³/mol. The zero-order chi connectivity index (χ0) is 44.0. The number of nitrogens with one attached hydrogen (secondary N) is 3. The second kappa shape index (κ2) is 19.0. The summed E-state index contributed by atoms with van der Waals surface area (Å²) in [6, 6.07) is 32.2. The fourth-order valence-electron chi connectivity index (χ4n) is 7.86. The van der Waals surface area contributed by atoms with Crippen molar-refractivity contribution < 1.29 is 28.7 Å². The van der Waals surface area contributed by atoms with Crippen LogP contribution in [0.2, 0.25) is 5.15 Å². The van der Waals surface area contributed by atoms with E-state index >= 15 is 0 Å². The molecule has 2 aromatic heterocycles. The van der Waals surface area contributed by atoms with Gasteiger partial charge in [-0.3, -0.25) is 9.59 Å². The molecule has 6 aromatic rings. The number of halogens is 1. The van der Waals surface area contributed by atoms with Crippen molar-refractivity contribution in [2.75, 3.05) is 27.0 Å². The lowest BCUT2D eigenvalue weighted by atomic mass is 10.0. The third kappa shape index (κ3) is 9.15. The van der Waals surface area contributed by atoms with Gasteiger partial charge in [0.1, 0.15) is 34.2 Å². The van der Waals surface area contributed by atoms with Gasteiger partial charge in [0.05, 0.1) is 38.2 Å². The van der Waals surface area contributed by atoms with Gasteiger partial charge in [0.15, 0.2) is 0 Å². The van der Waals surface area contributed by atoms with Crippen molar-refractivity contribution in [3.05, 3.63) is 154 Å². The molecule has 3 atom stereocenters. The monoisotopic (exact) mass is 882 g/mol. The standard InChI is InChI=1S/C47H43ClN8O6S/c1-61-46(59)52-39(31-11-6-4-7-12-31)44(57)55-24-10-15-36(55)43-51-38(41(48)54-43)33-22-18-29(19-23-33)28-16-20-30(21-17-28)35-26-49-42(50-35)37-25-34(63-3)27-56(37)45(58)40(53-47(60)62-2)32-13-8-5-9-14-32/h4-9,11-14,16-23,26-27,36-37,40H,10,15,24-25H2,1-3H3,(H,49,50)(H,51,54)(H,53,60)/t36-,37-,40-/m0/s1. The van der Waals surface area contributed by atoms with Crippen LogP contribution in [-0.2, 0) is 19.1 Å². The maximum absolute atomic E-state index is 14.1. The molecule has 14 nitrogen and oxygen atoms in total. The highest BCUT2D eigenvalue weighted by molar-refractivity contribution is 8.02. The first kappa shape index (κ1) is 42.7. The zero-order valence-electron chi connectivity index (χ0n) is 34.6. The van der Waals surface area contributed by atoms with E-state index in [0.29, 0.717) is 53.0 Å². The quantitative estimate of drug-likeness (QED) is 0.107. The molecule has 4 amide bonds. The van der Waals surface area contributed by atoms with Crippen LogP contribution in [-0.4, -0.2) is 86.5 Å². The molecule has 2 aliphatic heterocycles. The van der Waals surface area contributed by atoms with Gasteiger partial charge < -0.3 is 34.6 Å². The number of imidazole rings is 2. The van der Waals surface area contributed by atoms with Gasteiger partial charge in [0.25, 0.3) is 11.8 Å². The first-order valence-electron chi connectivity index (χ1n) is 20.2. The molecule has 0 spiro atoms. The number of benzene rings is 4. The number of alkyl carbamates (subject to hydrolysis) is 1. The van der Waals surface area contributed by atoms with Gasteiger partial charge in [-0.2, -0.15) is 4.99 Å². The number of likely N-dealkylation sites (tertiary alicyclic amines) is 1. The molecule has 320 valence electrons. The molecule has 2 aliphatic rings. The number of nitrogens with zero attached hydrogens (tertiary/aromatic N) is 5. The van der Waals surface area contributed by atoms with E-state index in [0.717, 1.165) is 39.3 Å². The number of aliphatic imine (C=N–C) groups is 1. The Morgan fingerprint density at radius 1 is 0.825 bits per heavy atom. The maximum atomic E-state index is 14.1. The molecule has 4 heterocycles. The van der Waals surface area contributed by atoms with Gasteiger partial charge in [-0.25, -0.2) is 19.6 Å². The molecule has 63 heavy (non-hydrogen) atoms. The number of thioether (sulfide) groups is 1.